The molecule has 1 N–H and O–H groups in total. The molecule has 3 nitrogen and oxygen atoms in total. The van der Waals surface area contributed by atoms with Crippen molar-refractivity contribution >= 4 is 5.69 Å². The molecular formula is C15H25N3. The molecule has 100 valence electrons. The number of hydrogen-bond acceptors (Lipinski definition) is 3. The molecule has 0 radical (unpaired) electrons. The number of rotatable bonds is 3. The minimum Gasteiger partial charge on any atom is -0.370 e. The zero-order valence-corrected chi connectivity index (χ0v) is 11.9. The van der Waals surface area contributed by atoms with Crippen molar-refractivity contribution in [3.05, 3.63) is 24.0 Å². The maximum absolute atomic E-state index is 4.30. The Balaban J connectivity index is 2.09. The highest BCUT2D eigenvalue weighted by molar-refractivity contribution is 5.51. The van der Waals surface area contributed by atoms with Crippen molar-refractivity contribution in [3.8, 4) is 0 Å². The molecule has 0 saturated carbocycles. The Bertz CT molecular complexity index is 376. The smallest absolute Gasteiger partial charge is 0.0598 e. The second-order valence-electron chi connectivity index (χ2n) is 6.16. The summed E-state index contributed by atoms with van der Waals surface area (Å²) in [6.07, 6.45) is 7.90. The molecule has 1 aliphatic heterocycles. The van der Waals surface area contributed by atoms with Crippen molar-refractivity contribution in [3.63, 3.8) is 0 Å². The summed E-state index contributed by atoms with van der Waals surface area (Å²) in [5, 5.41) is 3.56. The highest BCUT2D eigenvalue weighted by Gasteiger charge is 2.16. The average Bonchev–Trinajstić information content (AvgIpc) is 2.37. The van der Waals surface area contributed by atoms with Crippen LogP contribution in [-0.2, 0) is 6.54 Å². The van der Waals surface area contributed by atoms with Crippen LogP contribution < -0.4 is 10.2 Å². The number of anilines is 1. The van der Waals surface area contributed by atoms with Crippen LogP contribution >= 0.6 is 0 Å². The van der Waals surface area contributed by atoms with Crippen LogP contribution in [0.3, 0.4) is 0 Å². The summed E-state index contributed by atoms with van der Waals surface area (Å²) in [5.74, 6) is 0. The SMILES string of the molecule is CC(C)(C)NCc1ccncc1N1CCCCC1. The fourth-order valence-electron chi connectivity index (χ4n) is 2.34. The summed E-state index contributed by atoms with van der Waals surface area (Å²) in [6.45, 7) is 9.87. The lowest BCUT2D eigenvalue weighted by Gasteiger charge is -2.31. The molecule has 0 aromatic carbocycles. The van der Waals surface area contributed by atoms with E-state index in [4.69, 9.17) is 0 Å². The van der Waals surface area contributed by atoms with Crippen LogP contribution in [0.5, 0.6) is 0 Å². The molecule has 0 atom stereocenters. The number of aromatic nitrogens is 1. The predicted molar refractivity (Wildman–Crippen MR) is 76.9 cm³/mol. The molecule has 1 aromatic heterocycles. The van der Waals surface area contributed by atoms with E-state index in [1.165, 1.54) is 43.6 Å². The molecule has 0 spiro atoms. The summed E-state index contributed by atoms with van der Waals surface area (Å²) in [4.78, 5) is 6.78. The molecule has 2 heterocycles. The van der Waals surface area contributed by atoms with E-state index in [0.717, 1.165) is 6.54 Å². The van der Waals surface area contributed by atoms with Gasteiger partial charge in [0.15, 0.2) is 0 Å². The molecule has 1 fully saturated rings. The number of piperidine rings is 1. The Kier molecular flexibility index (Phi) is 4.23. The maximum Gasteiger partial charge on any atom is 0.0598 e. The topological polar surface area (TPSA) is 28.2 Å². The third-order valence-electron chi connectivity index (χ3n) is 3.39. The second kappa shape index (κ2) is 5.70. The molecular weight excluding hydrogens is 222 g/mol. The lowest BCUT2D eigenvalue weighted by Crippen LogP contribution is -2.36. The summed E-state index contributed by atoms with van der Waals surface area (Å²) in [7, 11) is 0. The first-order valence-corrected chi connectivity index (χ1v) is 6.99. The van der Waals surface area contributed by atoms with Crippen LogP contribution in [0.15, 0.2) is 18.5 Å². The Morgan fingerprint density at radius 2 is 1.94 bits per heavy atom. The van der Waals surface area contributed by atoms with Crippen molar-refractivity contribution in [1.29, 1.82) is 0 Å². The largest absolute Gasteiger partial charge is 0.370 e. The fraction of sp³-hybridized carbons (Fsp3) is 0.667. The summed E-state index contributed by atoms with van der Waals surface area (Å²) < 4.78 is 0. The Hall–Kier alpha value is -1.09. The quantitative estimate of drug-likeness (QED) is 0.890. The van der Waals surface area contributed by atoms with E-state index in [1.54, 1.807) is 0 Å². The van der Waals surface area contributed by atoms with E-state index in [0.29, 0.717) is 0 Å². The third-order valence-corrected chi connectivity index (χ3v) is 3.39. The molecule has 3 heteroatoms. The van der Waals surface area contributed by atoms with E-state index >= 15 is 0 Å². The van der Waals surface area contributed by atoms with E-state index in [2.05, 4.69) is 42.0 Å². The number of pyridine rings is 1. The minimum absolute atomic E-state index is 0.155. The number of nitrogens with one attached hydrogen (secondary N) is 1. The molecule has 1 aromatic rings. The molecule has 1 aliphatic rings. The molecule has 18 heavy (non-hydrogen) atoms. The van der Waals surface area contributed by atoms with Gasteiger partial charge in [0.2, 0.25) is 0 Å². The molecule has 2 rings (SSSR count). The van der Waals surface area contributed by atoms with Gasteiger partial charge in [0.25, 0.3) is 0 Å². The fourth-order valence-corrected chi connectivity index (χ4v) is 2.34. The van der Waals surface area contributed by atoms with Gasteiger partial charge in [-0.15, -0.1) is 0 Å². The molecule has 1 saturated heterocycles. The van der Waals surface area contributed by atoms with Gasteiger partial charge in [0.05, 0.1) is 11.9 Å². The highest BCUT2D eigenvalue weighted by Crippen LogP contribution is 2.23. The van der Waals surface area contributed by atoms with Crippen LogP contribution in [-0.4, -0.2) is 23.6 Å². The van der Waals surface area contributed by atoms with Gasteiger partial charge in [0.1, 0.15) is 0 Å². The maximum atomic E-state index is 4.30. The van der Waals surface area contributed by atoms with Crippen molar-refractivity contribution in [2.45, 2.75) is 52.1 Å². The minimum atomic E-state index is 0.155. The van der Waals surface area contributed by atoms with Crippen molar-refractivity contribution < 1.29 is 0 Å². The van der Waals surface area contributed by atoms with Gasteiger partial charge in [-0.05, 0) is 51.7 Å². The van der Waals surface area contributed by atoms with Crippen LogP contribution in [0.25, 0.3) is 0 Å². The molecule has 0 bridgehead atoms. The summed E-state index contributed by atoms with van der Waals surface area (Å²) in [6, 6.07) is 2.14. The van der Waals surface area contributed by atoms with Gasteiger partial charge in [-0.25, -0.2) is 0 Å². The van der Waals surface area contributed by atoms with E-state index in [9.17, 15) is 0 Å². The Labute approximate surface area is 111 Å². The Morgan fingerprint density at radius 3 is 2.61 bits per heavy atom. The summed E-state index contributed by atoms with van der Waals surface area (Å²) >= 11 is 0. The highest BCUT2D eigenvalue weighted by atomic mass is 15.1. The first-order chi connectivity index (χ1) is 8.56. The van der Waals surface area contributed by atoms with E-state index in [-0.39, 0.29) is 5.54 Å². The van der Waals surface area contributed by atoms with Crippen molar-refractivity contribution in [1.82, 2.24) is 10.3 Å². The zero-order chi connectivity index (χ0) is 13.0. The predicted octanol–water partition coefficient (Wildman–Crippen LogP) is 2.96. The summed E-state index contributed by atoms with van der Waals surface area (Å²) in [5.41, 5.74) is 2.83. The zero-order valence-electron chi connectivity index (χ0n) is 11.9. The normalized spacial score (nSPS) is 16.9. The second-order valence-corrected chi connectivity index (χ2v) is 6.16. The molecule has 0 amide bonds. The van der Waals surface area contributed by atoms with Crippen LogP contribution in [0.4, 0.5) is 5.69 Å². The van der Waals surface area contributed by atoms with Gasteiger partial charge in [0, 0.05) is 31.4 Å². The van der Waals surface area contributed by atoms with Crippen LogP contribution in [0, 0.1) is 0 Å². The number of nitrogens with zero attached hydrogens (tertiary/aromatic N) is 2. The number of hydrogen-bond donors (Lipinski definition) is 1. The van der Waals surface area contributed by atoms with Gasteiger partial charge in [-0.2, -0.15) is 0 Å². The average molecular weight is 247 g/mol. The lowest BCUT2D eigenvalue weighted by atomic mass is 10.1. The van der Waals surface area contributed by atoms with Crippen LogP contribution in [0.1, 0.15) is 45.6 Å². The monoisotopic (exact) mass is 247 g/mol. The van der Waals surface area contributed by atoms with Crippen LogP contribution in [0.2, 0.25) is 0 Å². The first-order valence-electron chi connectivity index (χ1n) is 6.99. The van der Waals surface area contributed by atoms with Gasteiger partial charge < -0.3 is 10.2 Å². The van der Waals surface area contributed by atoms with Gasteiger partial charge >= 0.3 is 0 Å². The van der Waals surface area contributed by atoms with Crippen molar-refractivity contribution in [2.75, 3.05) is 18.0 Å². The van der Waals surface area contributed by atoms with E-state index in [1.807, 2.05) is 12.4 Å². The Morgan fingerprint density at radius 1 is 1.22 bits per heavy atom. The molecule has 0 aliphatic carbocycles. The lowest BCUT2D eigenvalue weighted by molar-refractivity contribution is 0.424. The first kappa shape index (κ1) is 13.3. The van der Waals surface area contributed by atoms with Gasteiger partial charge in [-0.1, -0.05) is 0 Å². The standard InChI is InChI=1S/C15H25N3/c1-15(2,3)17-11-13-7-8-16-12-14(13)18-9-5-4-6-10-18/h7-8,12,17H,4-6,9-11H2,1-3H3. The van der Waals surface area contributed by atoms with E-state index < -0.39 is 0 Å². The third kappa shape index (κ3) is 3.70. The van der Waals surface area contributed by atoms with Crippen molar-refractivity contribution in [2.24, 2.45) is 0 Å². The van der Waals surface area contributed by atoms with Gasteiger partial charge in [-0.3, -0.25) is 4.98 Å². The molecule has 0 unspecified atom stereocenters.